The molecule has 2 N–H and O–H groups in total. The second-order valence-electron chi connectivity index (χ2n) is 4.58. The SMILES string of the molecule is CCc1c(C)sc(N)c1C(=O)N1CCCCC1. The van der Waals surface area contributed by atoms with E-state index in [-0.39, 0.29) is 5.91 Å². The Morgan fingerprint density at radius 2 is 2.00 bits per heavy atom. The number of nitrogen functional groups attached to an aromatic ring is 1. The minimum atomic E-state index is 0.142. The van der Waals surface area contributed by atoms with Crippen LogP contribution in [0.15, 0.2) is 0 Å². The van der Waals surface area contributed by atoms with Crippen LogP contribution in [0.4, 0.5) is 5.00 Å². The Balaban J connectivity index is 2.29. The third-order valence-corrected chi connectivity index (χ3v) is 4.42. The molecule has 94 valence electrons. The van der Waals surface area contributed by atoms with Gasteiger partial charge in [-0.25, -0.2) is 0 Å². The topological polar surface area (TPSA) is 46.3 Å². The fraction of sp³-hybridized carbons (Fsp3) is 0.615. The Morgan fingerprint density at radius 1 is 1.35 bits per heavy atom. The molecule has 0 atom stereocenters. The van der Waals surface area contributed by atoms with Crippen LogP contribution in [0.3, 0.4) is 0 Å². The van der Waals surface area contributed by atoms with E-state index in [0.717, 1.165) is 43.5 Å². The molecule has 1 aliphatic rings. The van der Waals surface area contributed by atoms with Crippen molar-refractivity contribution in [2.24, 2.45) is 0 Å². The van der Waals surface area contributed by atoms with Crippen molar-refractivity contribution in [3.63, 3.8) is 0 Å². The molecule has 1 aromatic rings. The number of rotatable bonds is 2. The van der Waals surface area contributed by atoms with Gasteiger partial charge in [0.15, 0.2) is 0 Å². The number of piperidine rings is 1. The molecule has 0 aromatic carbocycles. The first-order chi connectivity index (χ1) is 8.15. The van der Waals surface area contributed by atoms with E-state index in [4.69, 9.17) is 5.73 Å². The standard InChI is InChI=1S/C13H20N2OS/c1-3-10-9(2)17-12(14)11(10)13(16)15-7-5-4-6-8-15/h3-8,14H2,1-2H3. The summed E-state index contributed by atoms with van der Waals surface area (Å²) in [4.78, 5) is 15.6. The minimum Gasteiger partial charge on any atom is -0.390 e. The zero-order valence-electron chi connectivity index (χ0n) is 10.6. The summed E-state index contributed by atoms with van der Waals surface area (Å²) < 4.78 is 0. The van der Waals surface area contributed by atoms with E-state index in [9.17, 15) is 4.79 Å². The lowest BCUT2D eigenvalue weighted by molar-refractivity contribution is 0.0725. The highest BCUT2D eigenvalue weighted by molar-refractivity contribution is 7.16. The molecule has 0 saturated carbocycles. The van der Waals surface area contributed by atoms with Gasteiger partial charge in [0.1, 0.15) is 0 Å². The number of hydrogen-bond acceptors (Lipinski definition) is 3. The van der Waals surface area contributed by atoms with Crippen molar-refractivity contribution in [2.75, 3.05) is 18.8 Å². The lowest BCUT2D eigenvalue weighted by Gasteiger charge is -2.27. The fourth-order valence-corrected chi connectivity index (χ4v) is 3.53. The van der Waals surface area contributed by atoms with Crippen molar-refractivity contribution in [1.29, 1.82) is 0 Å². The van der Waals surface area contributed by atoms with E-state index in [1.165, 1.54) is 11.3 Å². The number of carbonyl (C=O) groups is 1. The predicted octanol–water partition coefficient (Wildman–Crippen LogP) is 2.83. The van der Waals surface area contributed by atoms with E-state index in [2.05, 4.69) is 6.92 Å². The third-order valence-electron chi connectivity index (χ3n) is 3.45. The molecule has 1 aromatic heterocycles. The Labute approximate surface area is 107 Å². The van der Waals surface area contributed by atoms with Gasteiger partial charge in [-0.2, -0.15) is 0 Å². The molecule has 0 aliphatic carbocycles. The molecule has 0 radical (unpaired) electrons. The van der Waals surface area contributed by atoms with Gasteiger partial charge in [-0.1, -0.05) is 6.92 Å². The first-order valence-corrected chi connectivity index (χ1v) is 7.13. The van der Waals surface area contributed by atoms with Crippen molar-refractivity contribution < 1.29 is 4.79 Å². The average molecular weight is 252 g/mol. The average Bonchev–Trinajstić information content (AvgIpc) is 2.63. The van der Waals surface area contributed by atoms with Crippen LogP contribution in [0.1, 0.15) is 47.0 Å². The van der Waals surface area contributed by atoms with Crippen LogP contribution in [0.5, 0.6) is 0 Å². The van der Waals surface area contributed by atoms with Crippen LogP contribution in [0.2, 0.25) is 0 Å². The first-order valence-electron chi connectivity index (χ1n) is 6.32. The van der Waals surface area contributed by atoms with E-state index in [1.54, 1.807) is 11.3 Å². The maximum Gasteiger partial charge on any atom is 0.257 e. The summed E-state index contributed by atoms with van der Waals surface area (Å²) >= 11 is 1.54. The quantitative estimate of drug-likeness (QED) is 0.879. The molecule has 1 amide bonds. The number of hydrogen-bond donors (Lipinski definition) is 1. The number of likely N-dealkylation sites (tertiary alicyclic amines) is 1. The second-order valence-corrected chi connectivity index (χ2v) is 5.84. The Bertz CT molecular complexity index is 419. The number of thiophene rings is 1. The second kappa shape index (κ2) is 5.08. The maximum atomic E-state index is 12.5. The van der Waals surface area contributed by atoms with E-state index in [1.807, 2.05) is 11.8 Å². The molecular formula is C13H20N2OS. The molecule has 1 saturated heterocycles. The molecule has 1 aliphatic heterocycles. The molecule has 17 heavy (non-hydrogen) atoms. The normalized spacial score (nSPS) is 16.2. The van der Waals surface area contributed by atoms with Crippen LogP contribution in [0.25, 0.3) is 0 Å². The van der Waals surface area contributed by atoms with Gasteiger partial charge < -0.3 is 10.6 Å². The smallest absolute Gasteiger partial charge is 0.257 e. The highest BCUT2D eigenvalue weighted by atomic mass is 32.1. The van der Waals surface area contributed by atoms with Crippen molar-refractivity contribution in [1.82, 2.24) is 4.90 Å². The zero-order chi connectivity index (χ0) is 12.4. The molecule has 3 nitrogen and oxygen atoms in total. The number of carbonyl (C=O) groups excluding carboxylic acids is 1. The minimum absolute atomic E-state index is 0.142. The van der Waals surface area contributed by atoms with Crippen molar-refractivity contribution in [3.05, 3.63) is 16.0 Å². The van der Waals surface area contributed by atoms with Gasteiger partial charge in [0.25, 0.3) is 5.91 Å². The summed E-state index contributed by atoms with van der Waals surface area (Å²) in [5, 5.41) is 0.690. The van der Waals surface area contributed by atoms with Crippen molar-refractivity contribution >= 4 is 22.2 Å². The van der Waals surface area contributed by atoms with Crippen LogP contribution in [0, 0.1) is 6.92 Å². The number of amides is 1. The highest BCUT2D eigenvalue weighted by Gasteiger charge is 2.25. The van der Waals surface area contributed by atoms with E-state index >= 15 is 0 Å². The monoisotopic (exact) mass is 252 g/mol. The van der Waals surface area contributed by atoms with Gasteiger partial charge in [0.2, 0.25) is 0 Å². The summed E-state index contributed by atoms with van der Waals surface area (Å²) in [6.07, 6.45) is 4.36. The van der Waals surface area contributed by atoms with Crippen molar-refractivity contribution in [3.8, 4) is 0 Å². The van der Waals surface area contributed by atoms with Crippen LogP contribution in [-0.4, -0.2) is 23.9 Å². The third kappa shape index (κ3) is 2.32. The van der Waals surface area contributed by atoms with Crippen LogP contribution < -0.4 is 5.73 Å². The molecule has 4 heteroatoms. The van der Waals surface area contributed by atoms with Gasteiger partial charge in [0.05, 0.1) is 10.6 Å². The lowest BCUT2D eigenvalue weighted by Crippen LogP contribution is -2.36. The van der Waals surface area contributed by atoms with Crippen LogP contribution >= 0.6 is 11.3 Å². The van der Waals surface area contributed by atoms with E-state index in [0.29, 0.717) is 5.00 Å². The lowest BCUT2D eigenvalue weighted by atomic mass is 10.0. The maximum absolute atomic E-state index is 12.5. The van der Waals surface area contributed by atoms with E-state index < -0.39 is 0 Å². The number of anilines is 1. The zero-order valence-corrected chi connectivity index (χ0v) is 11.4. The van der Waals surface area contributed by atoms with Gasteiger partial charge >= 0.3 is 0 Å². The van der Waals surface area contributed by atoms with Gasteiger partial charge in [-0.3, -0.25) is 4.79 Å². The fourth-order valence-electron chi connectivity index (χ4n) is 2.52. The summed E-state index contributed by atoms with van der Waals surface area (Å²) in [5.41, 5.74) is 7.91. The van der Waals surface area contributed by atoms with Crippen LogP contribution in [-0.2, 0) is 6.42 Å². The van der Waals surface area contributed by atoms with Crippen molar-refractivity contribution in [2.45, 2.75) is 39.5 Å². The molecule has 1 fully saturated rings. The largest absolute Gasteiger partial charge is 0.390 e. The summed E-state index contributed by atoms with van der Waals surface area (Å²) in [7, 11) is 0. The highest BCUT2D eigenvalue weighted by Crippen LogP contribution is 2.32. The van der Waals surface area contributed by atoms with Gasteiger partial charge in [0, 0.05) is 18.0 Å². The predicted molar refractivity (Wildman–Crippen MR) is 72.6 cm³/mol. The molecule has 0 unspecified atom stereocenters. The molecular weight excluding hydrogens is 232 g/mol. The molecule has 0 spiro atoms. The molecule has 0 bridgehead atoms. The van der Waals surface area contributed by atoms with Gasteiger partial charge in [-0.15, -0.1) is 11.3 Å². The summed E-state index contributed by atoms with van der Waals surface area (Å²) in [6.45, 7) is 5.90. The van der Waals surface area contributed by atoms with Gasteiger partial charge in [-0.05, 0) is 38.2 Å². The number of nitrogens with zero attached hydrogens (tertiary/aromatic N) is 1. The molecule has 2 rings (SSSR count). The summed E-state index contributed by atoms with van der Waals surface area (Å²) in [6, 6.07) is 0. The number of nitrogens with two attached hydrogens (primary N) is 1. The Kier molecular flexibility index (Phi) is 3.72. The Morgan fingerprint density at radius 3 is 2.59 bits per heavy atom. The molecule has 2 heterocycles. The first kappa shape index (κ1) is 12.4. The number of aryl methyl sites for hydroxylation is 1. The Hall–Kier alpha value is -1.03. The summed E-state index contributed by atoms with van der Waals surface area (Å²) in [5.74, 6) is 0.142.